The number of urea groups is 1. The molecule has 6 heteroatoms. The zero-order chi connectivity index (χ0) is 20.1. The number of imide groups is 2. The van der Waals surface area contributed by atoms with Gasteiger partial charge in [0.2, 0.25) is 11.8 Å². The molecule has 28 heavy (non-hydrogen) atoms. The lowest BCUT2D eigenvalue weighted by Gasteiger charge is -2.37. The molecule has 6 nitrogen and oxygen atoms in total. The van der Waals surface area contributed by atoms with Crippen LogP contribution in [0.3, 0.4) is 0 Å². The first-order valence-corrected chi connectivity index (χ1v) is 9.74. The molecule has 0 atom stereocenters. The van der Waals surface area contributed by atoms with E-state index in [0.717, 1.165) is 22.9 Å². The van der Waals surface area contributed by atoms with Gasteiger partial charge in [-0.1, -0.05) is 36.4 Å². The Balaban J connectivity index is 1.98. The van der Waals surface area contributed by atoms with Crippen LogP contribution in [-0.2, 0) is 9.59 Å². The number of carbonyl (C=O) groups excluding carboxylic acids is 3. The second-order valence-corrected chi connectivity index (χ2v) is 6.85. The van der Waals surface area contributed by atoms with E-state index in [9.17, 15) is 14.4 Å². The Hall–Kier alpha value is -2.99. The fourth-order valence-electron chi connectivity index (χ4n) is 3.53. The second-order valence-electron chi connectivity index (χ2n) is 6.85. The van der Waals surface area contributed by atoms with Crippen molar-refractivity contribution < 1.29 is 19.3 Å². The third-order valence-corrected chi connectivity index (χ3v) is 5.23. The van der Waals surface area contributed by atoms with E-state index in [1.807, 2.05) is 12.1 Å². The highest BCUT2D eigenvalue weighted by atomic mass is 16.2. The normalized spacial score (nSPS) is 15.6. The predicted octanol–water partition coefficient (Wildman–Crippen LogP) is 2.12. The van der Waals surface area contributed by atoms with E-state index in [4.69, 9.17) is 0 Å². The van der Waals surface area contributed by atoms with Crippen LogP contribution >= 0.6 is 0 Å². The van der Waals surface area contributed by atoms with E-state index in [1.165, 1.54) is 4.90 Å². The molecule has 0 radical (unpaired) electrons. The predicted molar refractivity (Wildman–Crippen MR) is 108 cm³/mol. The summed E-state index contributed by atoms with van der Waals surface area (Å²) >= 11 is 0. The van der Waals surface area contributed by atoms with Crippen molar-refractivity contribution in [3.05, 3.63) is 60.7 Å². The van der Waals surface area contributed by atoms with Crippen LogP contribution in [0.2, 0.25) is 0 Å². The standard InChI is InChI=1S/C22H25N3O3/c1-3-23(4-2)16-15-19-20(26)24(17-11-7-5-8-12-17)22(28)25(21(19)27)18-13-9-6-10-14-18/h5-14,19H,3-4,15-16H2,1-2H3/p+1. The lowest BCUT2D eigenvalue weighted by Crippen LogP contribution is -3.11. The van der Waals surface area contributed by atoms with Crippen LogP contribution in [0.25, 0.3) is 0 Å². The number of carbonyl (C=O) groups is 3. The van der Waals surface area contributed by atoms with Gasteiger partial charge in [-0.2, -0.15) is 0 Å². The Morgan fingerprint density at radius 1 is 0.750 bits per heavy atom. The second kappa shape index (κ2) is 8.80. The zero-order valence-electron chi connectivity index (χ0n) is 16.3. The van der Waals surface area contributed by atoms with Crippen molar-refractivity contribution >= 4 is 29.2 Å². The maximum atomic E-state index is 13.2. The van der Waals surface area contributed by atoms with Crippen molar-refractivity contribution in [1.82, 2.24) is 0 Å². The average molecular weight is 380 g/mol. The van der Waals surface area contributed by atoms with E-state index in [1.54, 1.807) is 48.5 Å². The number of hydrogen-bond donors (Lipinski definition) is 1. The maximum absolute atomic E-state index is 13.2. The topological polar surface area (TPSA) is 62.1 Å². The van der Waals surface area contributed by atoms with Gasteiger partial charge in [0.25, 0.3) is 0 Å². The van der Waals surface area contributed by atoms with Crippen LogP contribution in [0, 0.1) is 5.92 Å². The zero-order valence-corrected chi connectivity index (χ0v) is 16.3. The molecule has 1 fully saturated rings. The van der Waals surface area contributed by atoms with Gasteiger partial charge in [-0.05, 0) is 38.1 Å². The fraction of sp³-hybridized carbons (Fsp3) is 0.318. The summed E-state index contributed by atoms with van der Waals surface area (Å²) in [7, 11) is 0. The lowest BCUT2D eigenvalue weighted by atomic mass is 9.98. The van der Waals surface area contributed by atoms with E-state index < -0.39 is 23.8 Å². The number of para-hydroxylation sites is 2. The van der Waals surface area contributed by atoms with Gasteiger partial charge in [-0.25, -0.2) is 14.6 Å². The minimum absolute atomic E-state index is 0.411. The first kappa shape index (κ1) is 19.8. The molecule has 1 heterocycles. The first-order chi connectivity index (χ1) is 13.6. The summed E-state index contributed by atoms with van der Waals surface area (Å²) in [6, 6.07) is 16.9. The molecular formula is C22H26N3O3+. The minimum Gasteiger partial charge on any atom is -0.335 e. The van der Waals surface area contributed by atoms with Crippen LogP contribution < -0.4 is 14.7 Å². The molecular weight excluding hydrogens is 354 g/mol. The van der Waals surface area contributed by atoms with Crippen molar-refractivity contribution in [2.24, 2.45) is 5.92 Å². The van der Waals surface area contributed by atoms with Crippen LogP contribution in [0.15, 0.2) is 60.7 Å². The summed E-state index contributed by atoms with van der Waals surface area (Å²) in [5, 5.41) is 0. The highest BCUT2D eigenvalue weighted by Crippen LogP contribution is 2.29. The molecule has 0 spiro atoms. The summed E-state index contributed by atoms with van der Waals surface area (Å²) in [4.78, 5) is 43.1. The molecule has 1 saturated heterocycles. The van der Waals surface area contributed by atoms with Crippen molar-refractivity contribution in [2.45, 2.75) is 20.3 Å². The number of barbiturate groups is 1. The average Bonchev–Trinajstić information content (AvgIpc) is 2.72. The molecule has 0 aliphatic carbocycles. The summed E-state index contributed by atoms with van der Waals surface area (Å²) in [6.07, 6.45) is 0.411. The quantitative estimate of drug-likeness (QED) is 0.749. The number of anilines is 2. The van der Waals surface area contributed by atoms with Crippen molar-refractivity contribution in [1.29, 1.82) is 0 Å². The number of amides is 4. The van der Waals surface area contributed by atoms with Gasteiger partial charge in [0.15, 0.2) is 0 Å². The molecule has 4 amide bonds. The Morgan fingerprint density at radius 2 is 1.18 bits per heavy atom. The molecule has 3 rings (SSSR count). The van der Waals surface area contributed by atoms with Crippen LogP contribution in [0.4, 0.5) is 16.2 Å². The van der Waals surface area contributed by atoms with Gasteiger partial charge in [-0.15, -0.1) is 0 Å². The number of rotatable bonds is 7. The van der Waals surface area contributed by atoms with Crippen LogP contribution in [0.5, 0.6) is 0 Å². The van der Waals surface area contributed by atoms with E-state index >= 15 is 0 Å². The molecule has 0 aromatic heterocycles. The molecule has 2 aromatic carbocycles. The van der Waals surface area contributed by atoms with Crippen molar-refractivity contribution in [2.75, 3.05) is 29.4 Å². The fourth-order valence-corrected chi connectivity index (χ4v) is 3.53. The van der Waals surface area contributed by atoms with Gasteiger partial charge in [-0.3, -0.25) is 9.59 Å². The van der Waals surface area contributed by atoms with Gasteiger partial charge in [0.1, 0.15) is 5.92 Å². The summed E-state index contributed by atoms with van der Waals surface area (Å²) in [5.74, 6) is -1.76. The van der Waals surface area contributed by atoms with Gasteiger partial charge in [0, 0.05) is 6.42 Å². The third-order valence-electron chi connectivity index (χ3n) is 5.23. The molecule has 1 aliphatic heterocycles. The first-order valence-electron chi connectivity index (χ1n) is 9.74. The maximum Gasteiger partial charge on any atom is 0.342 e. The van der Waals surface area contributed by atoms with Crippen LogP contribution in [0.1, 0.15) is 20.3 Å². The molecule has 0 bridgehead atoms. The van der Waals surface area contributed by atoms with Crippen molar-refractivity contribution in [3.8, 4) is 0 Å². The van der Waals surface area contributed by atoms with Gasteiger partial charge < -0.3 is 4.90 Å². The Morgan fingerprint density at radius 3 is 1.57 bits per heavy atom. The number of benzene rings is 2. The number of nitrogens with zero attached hydrogens (tertiary/aromatic N) is 2. The van der Waals surface area contributed by atoms with E-state index in [2.05, 4.69) is 13.8 Å². The van der Waals surface area contributed by atoms with Gasteiger partial charge in [0.05, 0.1) is 31.0 Å². The highest BCUT2D eigenvalue weighted by molar-refractivity contribution is 6.36. The van der Waals surface area contributed by atoms with Crippen molar-refractivity contribution in [3.63, 3.8) is 0 Å². The lowest BCUT2D eigenvalue weighted by molar-refractivity contribution is -0.896. The third kappa shape index (κ3) is 3.82. The molecule has 0 saturated carbocycles. The molecule has 146 valence electrons. The summed E-state index contributed by atoms with van der Waals surface area (Å²) in [6.45, 7) is 6.72. The Labute approximate surface area is 165 Å². The number of hydrogen-bond acceptors (Lipinski definition) is 3. The number of quaternary nitrogens is 1. The minimum atomic E-state index is -0.869. The molecule has 0 unspecified atom stereocenters. The van der Waals surface area contributed by atoms with E-state index in [0.29, 0.717) is 24.3 Å². The van der Waals surface area contributed by atoms with Gasteiger partial charge >= 0.3 is 6.03 Å². The largest absolute Gasteiger partial charge is 0.342 e. The summed E-state index contributed by atoms with van der Waals surface area (Å²) < 4.78 is 0. The molecule has 1 N–H and O–H groups in total. The monoisotopic (exact) mass is 380 g/mol. The number of nitrogens with one attached hydrogen (secondary N) is 1. The van der Waals surface area contributed by atoms with Crippen LogP contribution in [-0.4, -0.2) is 37.5 Å². The molecule has 2 aromatic rings. The molecule has 1 aliphatic rings. The Kier molecular flexibility index (Phi) is 6.21. The summed E-state index contributed by atoms with van der Waals surface area (Å²) in [5.41, 5.74) is 0.956. The smallest absolute Gasteiger partial charge is 0.335 e. The SMILES string of the molecule is CC[NH+](CC)CCC1C(=O)N(c2ccccc2)C(=O)N(c2ccccc2)C1=O. The van der Waals surface area contributed by atoms with E-state index in [-0.39, 0.29) is 0 Å². The highest BCUT2D eigenvalue weighted by Gasteiger charge is 2.47. The Bertz CT molecular complexity index is 773.